The van der Waals surface area contributed by atoms with E-state index in [2.05, 4.69) is 5.32 Å². The zero-order valence-corrected chi connectivity index (χ0v) is 16.2. The lowest BCUT2D eigenvalue weighted by molar-refractivity contribution is 0.0954. The molecule has 0 aliphatic heterocycles. The van der Waals surface area contributed by atoms with Gasteiger partial charge in [0, 0.05) is 34.1 Å². The molecule has 0 aliphatic carbocycles. The summed E-state index contributed by atoms with van der Waals surface area (Å²) in [5.74, 6) is 1.31. The Morgan fingerprint density at radius 1 is 1.00 bits per heavy atom. The summed E-state index contributed by atoms with van der Waals surface area (Å²) in [7, 11) is -1.04. The van der Waals surface area contributed by atoms with Gasteiger partial charge in [-0.15, -0.1) is 0 Å². The second-order valence-electron chi connectivity index (χ2n) is 5.63. The number of carbonyl (C=O) groups is 1. The maximum Gasteiger partial charge on any atom is 0.251 e. The summed E-state index contributed by atoms with van der Waals surface area (Å²) in [6.45, 7) is 5.53. The van der Waals surface area contributed by atoms with E-state index in [1.807, 2.05) is 32.0 Å². The quantitative estimate of drug-likeness (QED) is 0.731. The molecule has 0 aromatic heterocycles. The van der Waals surface area contributed by atoms with Gasteiger partial charge in [0.25, 0.3) is 5.91 Å². The van der Waals surface area contributed by atoms with Gasteiger partial charge in [-0.2, -0.15) is 0 Å². The molecule has 0 fully saturated rings. The number of rotatable bonds is 9. The minimum atomic E-state index is -1.04. The van der Waals surface area contributed by atoms with Crippen LogP contribution in [0.1, 0.15) is 29.8 Å². The van der Waals surface area contributed by atoms with Crippen LogP contribution in [0, 0.1) is 0 Å². The molecule has 0 saturated heterocycles. The van der Waals surface area contributed by atoms with Crippen molar-refractivity contribution in [2.45, 2.75) is 25.2 Å². The smallest absolute Gasteiger partial charge is 0.251 e. The maximum atomic E-state index is 12.2. The molecule has 140 valence electrons. The van der Waals surface area contributed by atoms with Gasteiger partial charge >= 0.3 is 0 Å². The predicted octanol–water partition coefficient (Wildman–Crippen LogP) is 3.19. The summed E-state index contributed by atoms with van der Waals surface area (Å²) in [4.78, 5) is 12.9. The lowest BCUT2D eigenvalue weighted by Gasteiger charge is -2.12. The molecule has 26 heavy (non-hydrogen) atoms. The summed E-state index contributed by atoms with van der Waals surface area (Å²) < 4.78 is 22.6. The van der Waals surface area contributed by atoms with Crippen molar-refractivity contribution in [3.63, 3.8) is 0 Å². The monoisotopic (exact) mass is 375 g/mol. The average molecular weight is 375 g/mol. The van der Waals surface area contributed by atoms with E-state index in [4.69, 9.17) is 9.47 Å². The van der Waals surface area contributed by atoms with Gasteiger partial charge in [-0.1, -0.05) is 6.07 Å². The van der Waals surface area contributed by atoms with Crippen LogP contribution in [0.25, 0.3) is 0 Å². The van der Waals surface area contributed by atoms with Gasteiger partial charge in [0.1, 0.15) is 0 Å². The molecule has 1 unspecified atom stereocenters. The Bertz CT molecular complexity index is 759. The van der Waals surface area contributed by atoms with Crippen LogP contribution in [0.15, 0.2) is 47.4 Å². The maximum absolute atomic E-state index is 12.2. The summed E-state index contributed by atoms with van der Waals surface area (Å²) >= 11 is 0. The third-order valence-corrected chi connectivity index (χ3v) is 4.69. The first-order valence-corrected chi connectivity index (χ1v) is 10.2. The van der Waals surface area contributed by atoms with E-state index in [9.17, 15) is 9.00 Å². The number of nitrogens with one attached hydrogen (secondary N) is 1. The number of hydrogen-bond donors (Lipinski definition) is 1. The summed E-state index contributed by atoms with van der Waals surface area (Å²) in [5.41, 5.74) is 1.62. The molecule has 0 saturated carbocycles. The van der Waals surface area contributed by atoms with E-state index in [1.54, 1.807) is 30.5 Å². The molecule has 6 heteroatoms. The van der Waals surface area contributed by atoms with Crippen LogP contribution in [-0.2, 0) is 17.2 Å². The number of hydrogen-bond acceptors (Lipinski definition) is 4. The Labute approximate surface area is 157 Å². The summed E-state index contributed by atoms with van der Waals surface area (Å²) in [5, 5.41) is 2.90. The molecule has 0 bridgehead atoms. The highest BCUT2D eigenvalue weighted by molar-refractivity contribution is 7.84. The molecule has 1 atom stereocenters. The Balaban J connectivity index is 1.93. The van der Waals surface area contributed by atoms with Crippen LogP contribution in [0.5, 0.6) is 11.5 Å². The Hall–Kier alpha value is -2.34. The van der Waals surface area contributed by atoms with Crippen molar-refractivity contribution < 1.29 is 18.5 Å². The predicted molar refractivity (Wildman–Crippen MR) is 104 cm³/mol. The van der Waals surface area contributed by atoms with E-state index < -0.39 is 10.8 Å². The van der Waals surface area contributed by atoms with Crippen molar-refractivity contribution in [1.82, 2.24) is 5.32 Å². The lowest BCUT2D eigenvalue weighted by Crippen LogP contribution is -2.25. The van der Waals surface area contributed by atoms with Crippen molar-refractivity contribution in [1.29, 1.82) is 0 Å². The van der Waals surface area contributed by atoms with Gasteiger partial charge in [0.2, 0.25) is 0 Å². The highest BCUT2D eigenvalue weighted by atomic mass is 32.2. The highest BCUT2D eigenvalue weighted by Gasteiger charge is 2.08. The Morgan fingerprint density at radius 2 is 1.65 bits per heavy atom. The third kappa shape index (κ3) is 5.59. The molecule has 2 aromatic carbocycles. The molecule has 1 N–H and O–H groups in total. The Morgan fingerprint density at radius 3 is 2.27 bits per heavy atom. The minimum Gasteiger partial charge on any atom is -0.490 e. The molecule has 0 aliphatic rings. The number of carbonyl (C=O) groups excluding carboxylic acids is 1. The van der Waals surface area contributed by atoms with E-state index in [0.29, 0.717) is 36.6 Å². The standard InChI is InChI=1S/C20H25NO4S/c1-4-24-18-11-6-15(14-19(18)25-5-2)12-13-21-20(22)16-7-9-17(10-8-16)26(3)23/h6-11,14H,4-5,12-13H2,1-3H3,(H,21,22). The highest BCUT2D eigenvalue weighted by Crippen LogP contribution is 2.28. The van der Waals surface area contributed by atoms with Gasteiger partial charge in [0.05, 0.1) is 13.2 Å². The molecular weight excluding hydrogens is 350 g/mol. The van der Waals surface area contributed by atoms with Crippen molar-refractivity contribution in [3.8, 4) is 11.5 Å². The molecule has 2 aromatic rings. The van der Waals surface area contributed by atoms with Gasteiger partial charge < -0.3 is 14.8 Å². The second-order valence-corrected chi connectivity index (χ2v) is 7.01. The van der Waals surface area contributed by atoms with E-state index >= 15 is 0 Å². The van der Waals surface area contributed by atoms with Gasteiger partial charge in [-0.3, -0.25) is 9.00 Å². The van der Waals surface area contributed by atoms with E-state index in [0.717, 1.165) is 17.1 Å². The normalized spacial score (nSPS) is 11.7. The van der Waals surface area contributed by atoms with Crippen LogP contribution in [0.3, 0.4) is 0 Å². The first-order valence-electron chi connectivity index (χ1n) is 8.65. The zero-order chi connectivity index (χ0) is 18.9. The van der Waals surface area contributed by atoms with E-state index in [1.165, 1.54) is 0 Å². The molecule has 0 spiro atoms. The van der Waals surface area contributed by atoms with Gasteiger partial charge in [0.15, 0.2) is 11.5 Å². The lowest BCUT2D eigenvalue weighted by atomic mass is 10.1. The summed E-state index contributed by atoms with van der Waals surface area (Å²) in [6, 6.07) is 12.6. The van der Waals surface area contributed by atoms with Crippen LogP contribution >= 0.6 is 0 Å². The molecular formula is C20H25NO4S. The number of ether oxygens (including phenoxy) is 2. The largest absolute Gasteiger partial charge is 0.490 e. The molecule has 0 radical (unpaired) electrons. The topological polar surface area (TPSA) is 64.6 Å². The third-order valence-electron chi connectivity index (χ3n) is 3.76. The molecule has 2 rings (SSSR count). The van der Waals surface area contributed by atoms with Crippen LogP contribution in [-0.4, -0.2) is 36.1 Å². The van der Waals surface area contributed by atoms with E-state index in [-0.39, 0.29) is 5.91 Å². The Kier molecular flexibility index (Phi) is 7.66. The van der Waals surface area contributed by atoms with Crippen molar-refractivity contribution in [2.24, 2.45) is 0 Å². The first-order chi connectivity index (χ1) is 12.5. The number of benzene rings is 2. The van der Waals surface area contributed by atoms with Gasteiger partial charge in [-0.25, -0.2) is 0 Å². The van der Waals surface area contributed by atoms with Crippen LogP contribution in [0.4, 0.5) is 0 Å². The average Bonchev–Trinajstić information content (AvgIpc) is 2.64. The minimum absolute atomic E-state index is 0.144. The zero-order valence-electron chi connectivity index (χ0n) is 15.4. The van der Waals surface area contributed by atoms with Crippen molar-refractivity contribution in [2.75, 3.05) is 26.0 Å². The molecule has 5 nitrogen and oxygen atoms in total. The fraction of sp³-hybridized carbons (Fsp3) is 0.350. The second kappa shape index (κ2) is 9.97. The first kappa shape index (κ1) is 20.0. The summed E-state index contributed by atoms with van der Waals surface area (Å²) in [6.07, 6.45) is 2.30. The molecule has 0 heterocycles. The van der Waals surface area contributed by atoms with Crippen LogP contribution < -0.4 is 14.8 Å². The van der Waals surface area contributed by atoms with Crippen molar-refractivity contribution >= 4 is 16.7 Å². The van der Waals surface area contributed by atoms with Crippen molar-refractivity contribution in [3.05, 3.63) is 53.6 Å². The van der Waals surface area contributed by atoms with Crippen LogP contribution in [0.2, 0.25) is 0 Å². The number of amides is 1. The van der Waals surface area contributed by atoms with Gasteiger partial charge in [-0.05, 0) is 62.2 Å². The fourth-order valence-electron chi connectivity index (χ4n) is 2.47. The SMILES string of the molecule is CCOc1ccc(CCNC(=O)c2ccc(S(C)=O)cc2)cc1OCC. The molecule has 1 amide bonds. The fourth-order valence-corrected chi connectivity index (χ4v) is 2.99.